The molecule has 1 fully saturated rings. The number of aliphatic hydroxyl groups excluding tert-OH is 1. The first-order valence-electron chi connectivity index (χ1n) is 54.6. The molecular weight excluding hydrogens is 1880 g/mol. The zero-order chi connectivity index (χ0) is 110. The second-order valence-electron chi connectivity index (χ2n) is 44.5. The van der Waals surface area contributed by atoms with Crippen LogP contribution in [-0.4, -0.2) is 134 Å². The van der Waals surface area contributed by atoms with E-state index in [1.165, 1.54) is 0 Å². The fourth-order valence-electron chi connectivity index (χ4n) is 21.2. The Morgan fingerprint density at radius 3 is 1.03 bits per heavy atom. The minimum absolute atomic E-state index is 0.0101. The highest BCUT2D eigenvalue weighted by atomic mass is 32.2. The summed E-state index contributed by atoms with van der Waals surface area (Å²) in [5, 5.41) is 26.9. The van der Waals surface area contributed by atoms with Gasteiger partial charge in [0.15, 0.2) is 0 Å². The number of carbonyl (C=O) groups is 8. The lowest BCUT2D eigenvalue weighted by Crippen LogP contribution is -2.47. The highest BCUT2D eigenvalue weighted by Crippen LogP contribution is 2.37. The molecule has 0 radical (unpaired) electrons. The number of amides is 4. The highest BCUT2D eigenvalue weighted by molar-refractivity contribution is 7.86. The van der Waals surface area contributed by atoms with E-state index in [-0.39, 0.29) is 148 Å². The number of nitrogens with two attached hydrogens (primary N) is 1. The molecule has 816 valence electrons. The van der Waals surface area contributed by atoms with Crippen molar-refractivity contribution in [3.63, 3.8) is 0 Å². The van der Waals surface area contributed by atoms with Crippen LogP contribution in [0.1, 0.15) is 286 Å². The molecule has 5 aromatic rings. The van der Waals surface area contributed by atoms with E-state index in [4.69, 9.17) is 28.9 Å². The zero-order valence-corrected chi connectivity index (χ0v) is 95.3. The maximum Gasteiger partial charge on any atom is 0.329 e. The highest BCUT2D eigenvalue weighted by Gasteiger charge is 2.41. The van der Waals surface area contributed by atoms with Crippen LogP contribution in [0.15, 0.2) is 225 Å². The third-order valence-corrected chi connectivity index (χ3v) is 31.8. The third-order valence-electron chi connectivity index (χ3n) is 30.5. The van der Waals surface area contributed by atoms with E-state index in [2.05, 4.69) is 113 Å². The van der Waals surface area contributed by atoms with E-state index >= 15 is 0 Å². The average molecular weight is 2060 g/mol. The largest absolute Gasteiger partial charge is 0.460 e. The van der Waals surface area contributed by atoms with E-state index in [1.807, 2.05) is 277 Å². The number of aliphatic hydroxyl groups is 1. The molecule has 24 nitrogen and oxygen atoms in total. The maximum atomic E-state index is 13.7. The van der Waals surface area contributed by atoms with Gasteiger partial charge in [-0.05, 0) is 191 Å². The Morgan fingerprint density at radius 2 is 0.689 bits per heavy atom. The predicted molar refractivity (Wildman–Crippen MR) is 594 cm³/mol. The number of azide groups is 1. The van der Waals surface area contributed by atoms with Gasteiger partial charge in [-0.3, -0.25) is 23.4 Å². The number of hydrogen-bond donors (Lipinski definition) is 6. The lowest BCUT2D eigenvalue weighted by molar-refractivity contribution is -0.159. The first-order chi connectivity index (χ1) is 69.8. The van der Waals surface area contributed by atoms with Crippen LogP contribution in [0.2, 0.25) is 0 Å². The Labute approximate surface area is 888 Å². The van der Waals surface area contributed by atoms with E-state index in [1.54, 1.807) is 24.3 Å². The van der Waals surface area contributed by atoms with Crippen molar-refractivity contribution >= 4 is 57.6 Å². The molecule has 0 spiro atoms. The van der Waals surface area contributed by atoms with Gasteiger partial charge in [-0.25, -0.2) is 19.2 Å². The summed E-state index contributed by atoms with van der Waals surface area (Å²) in [6, 6.07) is 42.0. The second-order valence-corrected chi connectivity index (χ2v) is 46.1. The molecule has 30 unspecified atom stereocenters. The quantitative estimate of drug-likeness (QED) is 0.00802. The minimum atomic E-state index is -4.08. The standard InChI is InChI=1S/C36H49NO6S.C29H42N4O3.C29H48N2O3.C29H43NO4/c1-9-25(4)33-27(6)21-28(7)34(43-44(40,41)31-17-15-23(2)16-18-31)26(5)19-24(3)20-29(8)35(38)37-32(36(39)42-33)22-30-13-11-10-12-14-30;1-8-19(3)27-22(6)16-21(5)26(32-33-30)20(4)14-18(2)15-23(7)28(34)31-25(29(35)36-27)17-24-12-10-9-11-13-24;1-8-19(3)27-22(6)16-21(5)26(30)20(4)14-18(2)15-23(7)28(32)31-25(29(33)34-27)17-24-12-10-9-11-13-24;1-8-19(3)27-22(6)16-21(5)26(31)20(4)14-18(2)15-23(7)28(32)30-25(29(33)34-27)17-24-12-10-9-11-13-24/h10-19,21,25-27,29,32-34H,9,20,22H2,1-8H3,(H,37,38);9-14,16,19-20,22-23,25-27H,8,15,17H2,1-7H3,(H,31,34);9-13,18-23,25-27H,8,14-17,30H2,1-7H3,(H,31,32);9-14,16,19-20,22-23,25-27,31H,8,15,17H2,1-7H3,(H,30,32)/b24-19+,28-21+;18-14+,21-16+;;18-14+,21-16+. The zero-order valence-electron chi connectivity index (χ0n) is 94.4. The van der Waals surface area contributed by atoms with Gasteiger partial charge in [0, 0.05) is 89.9 Å². The number of nitrogens with one attached hydrogen (secondary N) is 4. The van der Waals surface area contributed by atoms with Crippen LogP contribution in [-0.2, 0) is 97.3 Å². The van der Waals surface area contributed by atoms with Crippen LogP contribution in [0, 0.1) is 113 Å². The molecular formula is C123H182N8O16S. The molecule has 148 heavy (non-hydrogen) atoms. The maximum absolute atomic E-state index is 13.7. The summed E-state index contributed by atoms with van der Waals surface area (Å²) >= 11 is 0. The van der Waals surface area contributed by atoms with Gasteiger partial charge < -0.3 is 51.1 Å². The molecule has 4 aliphatic rings. The molecule has 0 bridgehead atoms. The van der Waals surface area contributed by atoms with Crippen molar-refractivity contribution in [2.75, 3.05) is 0 Å². The first-order valence-corrected chi connectivity index (χ1v) is 56.0. The van der Waals surface area contributed by atoms with Crippen molar-refractivity contribution in [1.82, 2.24) is 21.3 Å². The summed E-state index contributed by atoms with van der Waals surface area (Å²) in [6.07, 6.45) is 18.4. The van der Waals surface area contributed by atoms with Crippen LogP contribution in [0.4, 0.5) is 0 Å². The molecule has 4 aliphatic heterocycles. The fraction of sp³-hybridized carbons (Fsp3) is 0.593. The van der Waals surface area contributed by atoms with Crippen molar-refractivity contribution in [3.8, 4) is 0 Å². The smallest absolute Gasteiger partial charge is 0.329 e. The number of rotatable bonds is 20. The lowest BCUT2D eigenvalue weighted by Gasteiger charge is -2.34. The number of cyclic esters (lactones) is 4. The Morgan fingerprint density at radius 1 is 0.385 bits per heavy atom. The molecule has 4 heterocycles. The summed E-state index contributed by atoms with van der Waals surface area (Å²) in [5.74, 6) is -2.75. The molecule has 0 saturated carbocycles. The Bertz CT molecular complexity index is 5370. The van der Waals surface area contributed by atoms with Crippen LogP contribution in [0.3, 0.4) is 0 Å². The summed E-state index contributed by atoms with van der Waals surface area (Å²) in [4.78, 5) is 110. The number of nitrogens with zero attached hydrogens (tertiary/aromatic N) is 3. The number of esters is 4. The second kappa shape index (κ2) is 62.3. The molecule has 25 heteroatoms. The van der Waals surface area contributed by atoms with Gasteiger partial charge in [-0.15, -0.1) is 0 Å². The number of aryl methyl sites for hydroxylation is 1. The average Bonchev–Trinajstić information content (AvgIpc) is 1.17. The Balaban J connectivity index is 0.000000303. The molecule has 1 saturated heterocycles. The molecule has 0 aliphatic carbocycles. The monoisotopic (exact) mass is 2060 g/mol. The third kappa shape index (κ3) is 40.6. The molecule has 4 amide bonds. The van der Waals surface area contributed by atoms with Crippen molar-refractivity contribution in [1.29, 1.82) is 0 Å². The lowest BCUT2D eigenvalue weighted by atomic mass is 9.78. The van der Waals surface area contributed by atoms with E-state index in [9.17, 15) is 57.4 Å². The molecule has 30 atom stereocenters. The van der Waals surface area contributed by atoms with Gasteiger partial charge in [0.1, 0.15) is 54.7 Å². The van der Waals surface area contributed by atoms with E-state index in [0.29, 0.717) is 62.7 Å². The predicted octanol–water partition coefficient (Wildman–Crippen LogP) is 24.1. The molecule has 0 aromatic heterocycles. The van der Waals surface area contributed by atoms with Gasteiger partial charge >= 0.3 is 23.9 Å². The van der Waals surface area contributed by atoms with Crippen LogP contribution >= 0.6 is 0 Å². The van der Waals surface area contributed by atoms with Crippen molar-refractivity contribution in [2.24, 2.45) is 117 Å². The van der Waals surface area contributed by atoms with Crippen LogP contribution in [0.5, 0.6) is 0 Å². The Kier molecular flexibility index (Phi) is 53.1. The van der Waals surface area contributed by atoms with Crippen molar-refractivity contribution in [3.05, 3.63) is 254 Å². The molecule has 9 rings (SSSR count). The van der Waals surface area contributed by atoms with Gasteiger partial charge in [-0.1, -0.05) is 381 Å². The summed E-state index contributed by atoms with van der Waals surface area (Å²) < 4.78 is 57.5. The van der Waals surface area contributed by atoms with E-state index < -0.39 is 76.4 Å². The van der Waals surface area contributed by atoms with Gasteiger partial charge in [0.05, 0.1) is 17.0 Å². The summed E-state index contributed by atoms with van der Waals surface area (Å²) in [7, 11) is -4.08. The Hall–Kier alpha value is -10.6. The van der Waals surface area contributed by atoms with Crippen LogP contribution in [0.25, 0.3) is 10.4 Å². The number of ether oxygens (including phenoxy) is 4. The minimum Gasteiger partial charge on any atom is -0.460 e. The summed E-state index contributed by atoms with van der Waals surface area (Å²) in [5.41, 5.74) is 26.3. The van der Waals surface area contributed by atoms with Gasteiger partial charge in [0.2, 0.25) is 23.6 Å². The number of allylic oxidation sites excluding steroid dienone is 3. The topological polar surface area (TPSA) is 360 Å². The number of carbonyl (C=O) groups excluding carboxylic acids is 8. The van der Waals surface area contributed by atoms with Crippen molar-refractivity contribution in [2.45, 2.75) is 368 Å². The first kappa shape index (κ1) is 126. The fourth-order valence-corrected chi connectivity index (χ4v) is 22.4. The molecule has 7 N–H and O–H groups in total. The normalized spacial score (nSPS) is 32.4. The van der Waals surface area contributed by atoms with Crippen LogP contribution < -0.4 is 27.0 Å². The summed E-state index contributed by atoms with van der Waals surface area (Å²) in [6.45, 7) is 58.5. The van der Waals surface area contributed by atoms with E-state index in [0.717, 1.165) is 106 Å². The van der Waals surface area contributed by atoms with Gasteiger partial charge in [-0.2, -0.15) is 8.42 Å². The number of hydrogen-bond acceptors (Lipinski definition) is 18. The number of benzene rings is 5. The molecule has 5 aromatic carbocycles. The van der Waals surface area contributed by atoms with Crippen molar-refractivity contribution < 1.29 is 75.0 Å². The van der Waals surface area contributed by atoms with Gasteiger partial charge in [0.25, 0.3) is 10.1 Å². The SMILES string of the molecule is CCC(C)C1OC(=O)C(Cc2ccccc2)NC(=O)C(C)C/C(C)=C/C(C)C(N=[N+]=[N-])/C(C)=C/C1C.CCC(C)C1OC(=O)C(Cc2ccccc2)NC(=O)C(C)C/C(C)=C/C(C)C(O)/C(C)=C/C1C.CCC(C)C1OC(=O)C(Cc2ccccc2)NC(=O)C(C)C/C(C)=C/C(C)C(OS(=O)(=O)c2ccc(C)cc2)/C(C)=C/C1C.CCC(C)C1OC(=O)C(Cc2ccccc2)NC(=O)C(C)CC(C)CC(C)C(N)C(C)CC1C.